The fourth-order valence-electron chi connectivity index (χ4n) is 2.61. The van der Waals surface area contributed by atoms with Crippen molar-refractivity contribution in [3.8, 4) is 0 Å². The van der Waals surface area contributed by atoms with Crippen LogP contribution in [0.1, 0.15) is 10.4 Å². The Bertz CT molecular complexity index is 689. The summed E-state index contributed by atoms with van der Waals surface area (Å²) in [5.41, 5.74) is 2.18. The van der Waals surface area contributed by atoms with Crippen LogP contribution in [-0.4, -0.2) is 29.5 Å². The number of hydrogen-bond donors (Lipinski definition) is 1. The number of anilines is 1. The highest BCUT2D eigenvalue weighted by atomic mass is 35.5. The number of nitrogens with zero attached hydrogens (tertiary/aromatic N) is 2. The second-order valence-corrected chi connectivity index (χ2v) is 6.65. The van der Waals surface area contributed by atoms with E-state index >= 15 is 0 Å². The summed E-state index contributed by atoms with van der Waals surface area (Å²) in [6.07, 6.45) is 1.12. The van der Waals surface area contributed by atoms with E-state index < -0.39 is 4.92 Å². The van der Waals surface area contributed by atoms with Gasteiger partial charge in [-0.25, -0.2) is 0 Å². The molecule has 0 fully saturated rings. The number of benzene rings is 1. The summed E-state index contributed by atoms with van der Waals surface area (Å²) in [6.45, 7) is 3.75. The molecule has 5 nitrogen and oxygen atoms in total. The van der Waals surface area contributed by atoms with Crippen LogP contribution in [0.4, 0.5) is 11.4 Å². The maximum Gasteiger partial charge on any atom is 0.271 e. The molecule has 0 saturated heterocycles. The second kappa shape index (κ2) is 6.64. The van der Waals surface area contributed by atoms with Crippen LogP contribution in [0.25, 0.3) is 0 Å². The van der Waals surface area contributed by atoms with Crippen molar-refractivity contribution < 1.29 is 4.92 Å². The Morgan fingerprint density at radius 3 is 3.05 bits per heavy atom. The zero-order valence-corrected chi connectivity index (χ0v) is 13.5. The molecule has 0 amide bonds. The van der Waals surface area contributed by atoms with Crippen LogP contribution in [0.3, 0.4) is 0 Å². The first-order chi connectivity index (χ1) is 10.6. The van der Waals surface area contributed by atoms with E-state index in [9.17, 15) is 10.1 Å². The molecular formula is C15H16ClN3O2S. The number of non-ortho nitro benzene ring substituents is 1. The molecule has 116 valence electrons. The van der Waals surface area contributed by atoms with Crippen molar-refractivity contribution in [2.75, 3.05) is 25.0 Å². The van der Waals surface area contributed by atoms with E-state index in [4.69, 9.17) is 11.6 Å². The largest absolute Gasteiger partial charge is 0.383 e. The van der Waals surface area contributed by atoms with Crippen molar-refractivity contribution in [1.29, 1.82) is 0 Å². The summed E-state index contributed by atoms with van der Waals surface area (Å²) < 4.78 is 0. The molecule has 7 heteroatoms. The first-order valence-corrected chi connectivity index (χ1v) is 8.34. The molecule has 0 saturated carbocycles. The number of thiophene rings is 1. The molecule has 3 rings (SSSR count). The summed E-state index contributed by atoms with van der Waals surface area (Å²) >= 11 is 7.91. The van der Waals surface area contributed by atoms with Gasteiger partial charge in [-0.2, -0.15) is 0 Å². The lowest BCUT2D eigenvalue weighted by Gasteiger charge is -2.27. The highest BCUT2D eigenvalue weighted by molar-refractivity contribution is 7.10. The van der Waals surface area contributed by atoms with Crippen LogP contribution in [-0.2, 0) is 13.0 Å². The van der Waals surface area contributed by atoms with Crippen molar-refractivity contribution in [3.05, 3.63) is 55.2 Å². The predicted octanol–water partition coefficient (Wildman–Crippen LogP) is 3.78. The van der Waals surface area contributed by atoms with Crippen molar-refractivity contribution >= 4 is 34.3 Å². The topological polar surface area (TPSA) is 58.4 Å². The Balaban J connectivity index is 1.52. The van der Waals surface area contributed by atoms with Gasteiger partial charge in [0, 0.05) is 43.2 Å². The van der Waals surface area contributed by atoms with Gasteiger partial charge in [0.05, 0.1) is 15.6 Å². The minimum Gasteiger partial charge on any atom is -0.383 e. The zero-order valence-electron chi connectivity index (χ0n) is 11.9. The van der Waals surface area contributed by atoms with Gasteiger partial charge in [-0.3, -0.25) is 15.0 Å². The van der Waals surface area contributed by atoms with Gasteiger partial charge in [-0.15, -0.1) is 11.3 Å². The number of nitrogens with one attached hydrogen (secondary N) is 1. The molecule has 0 unspecified atom stereocenters. The molecule has 1 aromatic carbocycles. The molecular weight excluding hydrogens is 322 g/mol. The number of rotatable bonds is 5. The lowest BCUT2D eigenvalue weighted by molar-refractivity contribution is -0.384. The van der Waals surface area contributed by atoms with Crippen molar-refractivity contribution in [2.24, 2.45) is 0 Å². The van der Waals surface area contributed by atoms with Crippen LogP contribution in [0, 0.1) is 10.1 Å². The third-order valence-electron chi connectivity index (χ3n) is 3.79. The minimum atomic E-state index is -0.443. The van der Waals surface area contributed by atoms with Crippen molar-refractivity contribution in [3.63, 3.8) is 0 Å². The fourth-order valence-corrected chi connectivity index (χ4v) is 3.74. The summed E-state index contributed by atoms with van der Waals surface area (Å²) in [6, 6.07) is 6.70. The molecule has 1 aromatic heterocycles. The SMILES string of the molecule is O=[N+]([O-])c1ccc(NCCN2CCc3sccc3C2)c(Cl)c1. The van der Waals surface area contributed by atoms with Crippen LogP contribution < -0.4 is 5.32 Å². The molecule has 1 aliphatic rings. The van der Waals surface area contributed by atoms with E-state index in [0.29, 0.717) is 5.02 Å². The second-order valence-electron chi connectivity index (χ2n) is 5.24. The maximum absolute atomic E-state index is 10.7. The normalized spacial score (nSPS) is 14.6. The fraction of sp³-hybridized carbons (Fsp3) is 0.333. The highest BCUT2D eigenvalue weighted by Crippen LogP contribution is 2.27. The van der Waals surface area contributed by atoms with Gasteiger partial charge in [0.25, 0.3) is 5.69 Å². The number of fused-ring (bicyclic) bond motifs is 1. The van der Waals surface area contributed by atoms with E-state index in [1.165, 1.54) is 22.6 Å². The quantitative estimate of drug-likeness (QED) is 0.666. The minimum absolute atomic E-state index is 0.0107. The summed E-state index contributed by atoms with van der Waals surface area (Å²) in [7, 11) is 0. The van der Waals surface area contributed by atoms with Gasteiger partial charge in [-0.1, -0.05) is 11.6 Å². The predicted molar refractivity (Wildman–Crippen MR) is 89.9 cm³/mol. The number of nitro benzene ring substituents is 1. The number of hydrogen-bond acceptors (Lipinski definition) is 5. The molecule has 0 atom stereocenters. The molecule has 1 aliphatic heterocycles. The monoisotopic (exact) mass is 337 g/mol. The summed E-state index contributed by atoms with van der Waals surface area (Å²) in [4.78, 5) is 14.1. The Hall–Kier alpha value is -1.63. The molecule has 22 heavy (non-hydrogen) atoms. The molecule has 0 aliphatic carbocycles. The van der Waals surface area contributed by atoms with Crippen LogP contribution in [0.2, 0.25) is 5.02 Å². The van der Waals surface area contributed by atoms with E-state index in [2.05, 4.69) is 21.7 Å². The van der Waals surface area contributed by atoms with E-state index in [-0.39, 0.29) is 5.69 Å². The van der Waals surface area contributed by atoms with Gasteiger partial charge >= 0.3 is 0 Å². The third kappa shape index (κ3) is 3.40. The molecule has 0 spiro atoms. The number of nitro groups is 1. The molecule has 1 N–H and O–H groups in total. The summed E-state index contributed by atoms with van der Waals surface area (Å²) in [5.74, 6) is 0. The smallest absolute Gasteiger partial charge is 0.271 e. The lowest BCUT2D eigenvalue weighted by Crippen LogP contribution is -2.33. The third-order valence-corrected chi connectivity index (χ3v) is 5.13. The zero-order chi connectivity index (χ0) is 15.5. The standard InChI is InChI=1S/C15H16ClN3O2S/c16-13-9-12(19(20)21)1-2-14(13)17-5-7-18-6-3-15-11(10-18)4-8-22-15/h1-2,4,8-9,17H,3,5-7,10H2. The molecule has 0 radical (unpaired) electrons. The Morgan fingerprint density at radius 2 is 2.27 bits per heavy atom. The highest BCUT2D eigenvalue weighted by Gasteiger charge is 2.16. The molecule has 2 heterocycles. The van der Waals surface area contributed by atoms with Crippen molar-refractivity contribution in [2.45, 2.75) is 13.0 Å². The lowest BCUT2D eigenvalue weighted by atomic mass is 10.1. The van der Waals surface area contributed by atoms with Crippen LogP contribution in [0.5, 0.6) is 0 Å². The average Bonchev–Trinajstić information content (AvgIpc) is 2.96. The Labute approximate surface area is 137 Å². The number of halogens is 1. The van der Waals surface area contributed by atoms with Crippen LogP contribution >= 0.6 is 22.9 Å². The Kier molecular flexibility index (Phi) is 4.61. The van der Waals surface area contributed by atoms with E-state index in [0.717, 1.165) is 38.3 Å². The van der Waals surface area contributed by atoms with Gasteiger partial charge in [0.2, 0.25) is 0 Å². The van der Waals surface area contributed by atoms with E-state index in [1.54, 1.807) is 6.07 Å². The van der Waals surface area contributed by atoms with Gasteiger partial charge in [0.15, 0.2) is 0 Å². The summed E-state index contributed by atoms with van der Waals surface area (Å²) in [5, 5.41) is 16.5. The molecule has 0 bridgehead atoms. The molecule has 2 aromatic rings. The van der Waals surface area contributed by atoms with Gasteiger partial charge < -0.3 is 5.32 Å². The average molecular weight is 338 g/mol. The first-order valence-electron chi connectivity index (χ1n) is 7.09. The van der Waals surface area contributed by atoms with Crippen LogP contribution in [0.15, 0.2) is 29.6 Å². The van der Waals surface area contributed by atoms with E-state index in [1.807, 2.05) is 11.3 Å². The Morgan fingerprint density at radius 1 is 1.41 bits per heavy atom. The van der Waals surface area contributed by atoms with Gasteiger partial charge in [0.1, 0.15) is 0 Å². The first kappa shape index (κ1) is 15.3. The van der Waals surface area contributed by atoms with Crippen molar-refractivity contribution in [1.82, 2.24) is 4.90 Å². The maximum atomic E-state index is 10.7. The van der Waals surface area contributed by atoms with Gasteiger partial charge in [-0.05, 0) is 29.5 Å².